The second-order valence-electron chi connectivity index (χ2n) is 8.40. The van der Waals surface area contributed by atoms with Crippen molar-refractivity contribution in [2.24, 2.45) is 7.05 Å². The molecule has 0 atom stereocenters. The number of nitrogens with zero attached hydrogens (tertiary/aromatic N) is 2. The number of carbonyl (C=O) groups excluding carboxylic acids is 1. The van der Waals surface area contributed by atoms with Crippen molar-refractivity contribution < 1.29 is 19.8 Å². The molecule has 0 bridgehead atoms. The maximum atomic E-state index is 13.2. The van der Waals surface area contributed by atoms with E-state index in [4.69, 9.17) is 11.6 Å². The van der Waals surface area contributed by atoms with Gasteiger partial charge in [-0.25, -0.2) is 0 Å². The Balaban J connectivity index is 1.60. The maximum absolute atomic E-state index is 13.2. The third-order valence-electron chi connectivity index (χ3n) is 6.01. The summed E-state index contributed by atoms with van der Waals surface area (Å²) >= 11 is 6.64. The number of hydrogen-bond donors (Lipinski definition) is 2. The Morgan fingerprint density at radius 1 is 0.971 bits per heavy atom. The molecule has 0 aliphatic carbocycles. The maximum Gasteiger partial charge on any atom is 0.323 e. The van der Waals surface area contributed by atoms with E-state index in [0.717, 1.165) is 27.8 Å². The van der Waals surface area contributed by atoms with Gasteiger partial charge in [-0.2, -0.15) is 0 Å². The number of carboxylic acid groups (broad SMARTS) is 1. The Hall–Kier alpha value is -4.29. The van der Waals surface area contributed by atoms with E-state index in [1.807, 2.05) is 72.5 Å². The van der Waals surface area contributed by atoms with Gasteiger partial charge >= 0.3 is 5.97 Å². The van der Waals surface area contributed by atoms with E-state index in [2.05, 4.69) is 0 Å². The zero-order chi connectivity index (χ0) is 24.7. The first kappa shape index (κ1) is 22.5. The number of rotatable bonds is 5. The Bertz CT molecular complexity index is 1500. The molecular weight excluding hydrogens is 464 g/mol. The average molecular weight is 485 g/mol. The Kier molecular flexibility index (Phi) is 5.67. The topological polar surface area (TPSA) is 82.8 Å². The fourth-order valence-corrected chi connectivity index (χ4v) is 4.62. The number of aliphatic carboxylic acids is 1. The Labute approximate surface area is 206 Å². The van der Waals surface area contributed by atoms with Crippen LogP contribution in [0.1, 0.15) is 11.1 Å². The highest BCUT2D eigenvalue weighted by atomic mass is 35.5. The molecule has 3 aromatic carbocycles. The number of amides is 1. The van der Waals surface area contributed by atoms with Crippen LogP contribution in [0.5, 0.6) is 5.75 Å². The van der Waals surface area contributed by atoms with Crippen LogP contribution in [0, 0.1) is 0 Å². The lowest BCUT2D eigenvalue weighted by Crippen LogP contribution is -2.32. The van der Waals surface area contributed by atoms with Gasteiger partial charge in [0.1, 0.15) is 12.3 Å². The number of aromatic nitrogens is 1. The van der Waals surface area contributed by atoms with Crippen molar-refractivity contribution in [1.82, 2.24) is 4.57 Å². The minimum atomic E-state index is -1.11. The minimum Gasteiger partial charge on any atom is -0.507 e. The lowest BCUT2D eigenvalue weighted by molar-refractivity contribution is -0.136. The molecule has 1 amide bonds. The molecule has 1 aliphatic rings. The Morgan fingerprint density at radius 2 is 1.66 bits per heavy atom. The van der Waals surface area contributed by atoms with Crippen LogP contribution >= 0.6 is 11.6 Å². The van der Waals surface area contributed by atoms with Gasteiger partial charge in [-0.3, -0.25) is 14.5 Å². The van der Waals surface area contributed by atoms with Crippen LogP contribution in [0.25, 0.3) is 33.9 Å². The van der Waals surface area contributed by atoms with Crippen LogP contribution in [-0.2, 0) is 16.6 Å². The minimum absolute atomic E-state index is 0.198. The third-order valence-corrected chi connectivity index (χ3v) is 6.32. The van der Waals surface area contributed by atoms with Gasteiger partial charge in [0.2, 0.25) is 0 Å². The molecule has 4 aromatic rings. The smallest absolute Gasteiger partial charge is 0.323 e. The van der Waals surface area contributed by atoms with Crippen molar-refractivity contribution in [3.05, 3.63) is 95.3 Å². The SMILES string of the molecule is Cn1ccc(/C=C2\C(=O)N(CC(=O)O)c3cc(Cl)c(-c4ccc(-c5ccccc5O)cc4)cc32)c1. The van der Waals surface area contributed by atoms with E-state index < -0.39 is 12.5 Å². The van der Waals surface area contributed by atoms with Crippen LogP contribution in [0.4, 0.5) is 5.69 Å². The number of benzene rings is 3. The molecule has 0 fully saturated rings. The van der Waals surface area contributed by atoms with E-state index >= 15 is 0 Å². The second kappa shape index (κ2) is 8.81. The van der Waals surface area contributed by atoms with Crippen molar-refractivity contribution in [2.75, 3.05) is 11.4 Å². The number of phenols is 1. The third kappa shape index (κ3) is 4.20. The summed E-state index contributed by atoms with van der Waals surface area (Å²) in [4.78, 5) is 25.9. The van der Waals surface area contributed by atoms with Gasteiger partial charge in [0, 0.05) is 41.7 Å². The van der Waals surface area contributed by atoms with Crippen LogP contribution in [0.15, 0.2) is 79.1 Å². The molecular formula is C28H21ClN2O4. The van der Waals surface area contributed by atoms with Crippen molar-refractivity contribution in [1.29, 1.82) is 0 Å². The van der Waals surface area contributed by atoms with E-state index in [1.165, 1.54) is 4.90 Å². The summed E-state index contributed by atoms with van der Waals surface area (Å²) in [7, 11) is 1.89. The average Bonchev–Trinajstić information content (AvgIpc) is 3.35. The predicted molar refractivity (Wildman–Crippen MR) is 137 cm³/mol. The molecule has 0 saturated heterocycles. The van der Waals surface area contributed by atoms with Gasteiger partial charge in [-0.1, -0.05) is 54.1 Å². The number of aromatic hydroxyl groups is 1. The largest absolute Gasteiger partial charge is 0.507 e. The normalized spacial score (nSPS) is 13.9. The molecule has 1 aliphatic heterocycles. The quantitative estimate of drug-likeness (QED) is 0.356. The highest BCUT2D eigenvalue weighted by Crippen LogP contribution is 2.44. The van der Waals surface area contributed by atoms with Crippen molar-refractivity contribution in [3.63, 3.8) is 0 Å². The predicted octanol–water partition coefficient (Wildman–Crippen LogP) is 5.69. The molecule has 7 heteroatoms. The number of para-hydroxylation sites is 1. The number of carbonyl (C=O) groups is 2. The molecule has 0 unspecified atom stereocenters. The van der Waals surface area contributed by atoms with Gasteiger partial charge in [0.15, 0.2) is 0 Å². The van der Waals surface area contributed by atoms with Crippen molar-refractivity contribution in [3.8, 4) is 28.0 Å². The molecule has 2 heterocycles. The lowest BCUT2D eigenvalue weighted by Gasteiger charge is -2.15. The molecule has 5 rings (SSSR count). The van der Waals surface area contributed by atoms with E-state index in [1.54, 1.807) is 24.3 Å². The summed E-state index contributed by atoms with van der Waals surface area (Å²) in [6.45, 7) is -0.455. The first-order chi connectivity index (χ1) is 16.8. The molecule has 0 radical (unpaired) electrons. The summed E-state index contributed by atoms with van der Waals surface area (Å²) < 4.78 is 1.88. The molecule has 35 heavy (non-hydrogen) atoms. The van der Waals surface area contributed by atoms with Gasteiger partial charge < -0.3 is 14.8 Å². The first-order valence-corrected chi connectivity index (χ1v) is 11.3. The number of anilines is 1. The standard InChI is InChI=1S/C28H21ClN2O4/c1-30-11-10-17(15-30)12-23-22-13-21(24(29)14-25(22)31(28(23)35)16-27(33)34)19-8-6-18(7-9-19)20-4-2-3-5-26(20)32/h2-15,32H,16H2,1H3,(H,33,34)/b23-12-. The van der Waals surface area contributed by atoms with Crippen LogP contribution in [0.3, 0.4) is 0 Å². The second-order valence-corrected chi connectivity index (χ2v) is 8.80. The number of carboxylic acids is 1. The number of hydrogen-bond acceptors (Lipinski definition) is 3. The van der Waals surface area contributed by atoms with E-state index in [-0.39, 0.29) is 11.7 Å². The summed E-state index contributed by atoms with van der Waals surface area (Å²) in [5.41, 5.74) is 5.49. The van der Waals surface area contributed by atoms with Crippen LogP contribution in [-0.4, -0.2) is 33.2 Å². The number of halogens is 1. The van der Waals surface area contributed by atoms with Crippen molar-refractivity contribution in [2.45, 2.75) is 0 Å². The number of phenolic OH excluding ortho intramolecular Hbond substituents is 1. The highest BCUT2D eigenvalue weighted by molar-refractivity contribution is 6.39. The molecule has 6 nitrogen and oxygen atoms in total. The number of aryl methyl sites for hydroxylation is 1. The van der Waals surface area contributed by atoms with Gasteiger partial charge in [-0.15, -0.1) is 0 Å². The van der Waals surface area contributed by atoms with Crippen molar-refractivity contribution >= 4 is 40.8 Å². The summed E-state index contributed by atoms with van der Waals surface area (Å²) in [6.07, 6.45) is 5.53. The van der Waals surface area contributed by atoms with Gasteiger partial charge in [0.25, 0.3) is 5.91 Å². The fourth-order valence-electron chi connectivity index (χ4n) is 4.35. The summed E-state index contributed by atoms with van der Waals surface area (Å²) in [6, 6.07) is 20.1. The molecule has 0 spiro atoms. The zero-order valence-corrected chi connectivity index (χ0v) is 19.5. The van der Waals surface area contributed by atoms with Gasteiger partial charge in [-0.05, 0) is 47.0 Å². The van der Waals surface area contributed by atoms with Gasteiger partial charge in [0.05, 0.1) is 10.7 Å². The fraction of sp³-hybridized carbons (Fsp3) is 0.0714. The first-order valence-electron chi connectivity index (χ1n) is 10.9. The molecule has 2 N–H and O–H groups in total. The molecule has 1 aromatic heterocycles. The molecule has 0 saturated carbocycles. The highest BCUT2D eigenvalue weighted by Gasteiger charge is 2.34. The molecule has 174 valence electrons. The number of fused-ring (bicyclic) bond motifs is 1. The van der Waals surface area contributed by atoms with Crippen LogP contribution in [0.2, 0.25) is 5.02 Å². The zero-order valence-electron chi connectivity index (χ0n) is 18.8. The Morgan fingerprint density at radius 3 is 2.29 bits per heavy atom. The monoisotopic (exact) mass is 484 g/mol. The summed E-state index contributed by atoms with van der Waals surface area (Å²) in [5, 5.41) is 19.9. The van der Waals surface area contributed by atoms with E-state index in [0.29, 0.717) is 21.8 Å². The lowest BCUT2D eigenvalue weighted by atomic mass is 9.96. The summed E-state index contributed by atoms with van der Waals surface area (Å²) in [5.74, 6) is -1.29. The van der Waals surface area contributed by atoms with Crippen LogP contribution < -0.4 is 4.90 Å². The van der Waals surface area contributed by atoms with E-state index in [9.17, 15) is 19.8 Å².